The first-order valence-corrected chi connectivity index (χ1v) is 7.02. The lowest BCUT2D eigenvalue weighted by Crippen LogP contribution is -2.40. The van der Waals surface area contributed by atoms with E-state index in [1.807, 2.05) is 13.2 Å². The fraction of sp³-hybridized carbons (Fsp3) is 0.857. The average molecular weight is 252 g/mol. The molecule has 0 fully saturated rings. The molecule has 0 aromatic carbocycles. The van der Waals surface area contributed by atoms with Crippen LogP contribution in [0.15, 0.2) is 6.20 Å². The van der Waals surface area contributed by atoms with Crippen LogP contribution >= 0.6 is 0 Å². The van der Waals surface area contributed by atoms with Gasteiger partial charge in [-0.1, -0.05) is 32.9 Å². The Hall–Kier alpha value is -0.900. The van der Waals surface area contributed by atoms with E-state index in [1.54, 1.807) is 4.68 Å². The summed E-state index contributed by atoms with van der Waals surface area (Å²) < 4.78 is 1.77. The largest absolute Gasteiger partial charge is 0.313 e. The molecule has 0 radical (unpaired) electrons. The molecule has 0 aliphatic heterocycles. The summed E-state index contributed by atoms with van der Waals surface area (Å²) in [7, 11) is 1.91. The van der Waals surface area contributed by atoms with Crippen LogP contribution in [-0.4, -0.2) is 27.6 Å². The van der Waals surface area contributed by atoms with Crippen LogP contribution in [0.1, 0.15) is 52.7 Å². The number of hydrogen-bond donors (Lipinski definition) is 1. The van der Waals surface area contributed by atoms with E-state index in [-0.39, 0.29) is 0 Å². The second-order valence-corrected chi connectivity index (χ2v) is 6.15. The minimum atomic E-state index is 0.317. The van der Waals surface area contributed by atoms with E-state index in [2.05, 4.69) is 43.3 Å². The average Bonchev–Trinajstić information content (AvgIpc) is 2.67. The monoisotopic (exact) mass is 252 g/mol. The molecule has 1 aromatic rings. The highest BCUT2D eigenvalue weighted by molar-refractivity contribution is 4.92. The van der Waals surface area contributed by atoms with Crippen LogP contribution in [0.4, 0.5) is 0 Å². The summed E-state index contributed by atoms with van der Waals surface area (Å²) in [5, 5.41) is 11.8. The van der Waals surface area contributed by atoms with Crippen molar-refractivity contribution >= 4 is 0 Å². The van der Waals surface area contributed by atoms with Gasteiger partial charge in [0.2, 0.25) is 0 Å². The van der Waals surface area contributed by atoms with Gasteiger partial charge >= 0.3 is 0 Å². The number of hydrogen-bond acceptors (Lipinski definition) is 3. The number of nitrogens with one attached hydrogen (secondary N) is 1. The normalized spacial score (nSPS) is 13.8. The molecule has 0 spiro atoms. The van der Waals surface area contributed by atoms with Crippen molar-refractivity contribution in [3.63, 3.8) is 0 Å². The third kappa shape index (κ3) is 5.17. The lowest BCUT2D eigenvalue weighted by Gasteiger charge is -2.31. The zero-order valence-corrected chi connectivity index (χ0v) is 12.5. The van der Waals surface area contributed by atoms with E-state index in [4.69, 9.17) is 0 Å². The minimum Gasteiger partial charge on any atom is -0.313 e. The molecule has 0 bridgehead atoms. The standard InChI is InChI=1S/C14H28N4/c1-6-10-15-13(14(2,3)4)9-7-8-12-11-18(5)17-16-12/h11,13,15H,6-10H2,1-5H3. The Bertz CT molecular complexity index is 338. The number of aromatic nitrogens is 3. The number of rotatable bonds is 7. The van der Waals surface area contributed by atoms with Crippen LogP contribution in [-0.2, 0) is 13.5 Å². The molecule has 4 heteroatoms. The Labute approximate surface area is 111 Å². The van der Waals surface area contributed by atoms with Crippen molar-refractivity contribution in [2.45, 2.75) is 59.4 Å². The summed E-state index contributed by atoms with van der Waals surface area (Å²) in [6, 6.07) is 0.578. The van der Waals surface area contributed by atoms with Gasteiger partial charge in [-0.05, 0) is 37.6 Å². The van der Waals surface area contributed by atoms with Crippen LogP contribution in [0.25, 0.3) is 0 Å². The zero-order valence-electron chi connectivity index (χ0n) is 12.5. The predicted octanol–water partition coefficient (Wildman–Crippen LogP) is 2.55. The van der Waals surface area contributed by atoms with Crippen molar-refractivity contribution in [1.82, 2.24) is 20.3 Å². The highest BCUT2D eigenvalue weighted by Gasteiger charge is 2.23. The summed E-state index contributed by atoms with van der Waals surface area (Å²) in [6.07, 6.45) is 6.58. The van der Waals surface area contributed by atoms with Crippen molar-refractivity contribution in [3.8, 4) is 0 Å². The maximum absolute atomic E-state index is 4.13. The van der Waals surface area contributed by atoms with Gasteiger partial charge in [-0.3, -0.25) is 4.68 Å². The van der Waals surface area contributed by atoms with Gasteiger partial charge in [-0.2, -0.15) is 0 Å². The molecule has 0 amide bonds. The van der Waals surface area contributed by atoms with Crippen LogP contribution in [0, 0.1) is 5.41 Å². The van der Waals surface area contributed by atoms with Crippen molar-refractivity contribution in [2.75, 3.05) is 6.54 Å². The van der Waals surface area contributed by atoms with E-state index < -0.39 is 0 Å². The van der Waals surface area contributed by atoms with E-state index >= 15 is 0 Å². The molecular formula is C14H28N4. The molecule has 1 aromatic heterocycles. The molecule has 1 rings (SSSR count). The van der Waals surface area contributed by atoms with Crippen molar-refractivity contribution in [2.24, 2.45) is 12.5 Å². The maximum atomic E-state index is 4.13. The van der Waals surface area contributed by atoms with Gasteiger partial charge in [0.05, 0.1) is 5.69 Å². The van der Waals surface area contributed by atoms with Gasteiger partial charge in [0, 0.05) is 19.3 Å². The van der Waals surface area contributed by atoms with Gasteiger partial charge in [0.1, 0.15) is 0 Å². The van der Waals surface area contributed by atoms with Crippen LogP contribution in [0.5, 0.6) is 0 Å². The molecule has 1 unspecified atom stereocenters. The number of aryl methyl sites for hydroxylation is 2. The lowest BCUT2D eigenvalue weighted by molar-refractivity contribution is 0.251. The van der Waals surface area contributed by atoms with E-state index in [0.29, 0.717) is 11.5 Å². The molecular weight excluding hydrogens is 224 g/mol. The molecule has 0 aliphatic carbocycles. The molecule has 4 nitrogen and oxygen atoms in total. The molecule has 104 valence electrons. The van der Waals surface area contributed by atoms with Gasteiger partial charge in [-0.25, -0.2) is 0 Å². The summed E-state index contributed by atoms with van der Waals surface area (Å²) in [6.45, 7) is 10.2. The van der Waals surface area contributed by atoms with Gasteiger partial charge in [0.15, 0.2) is 0 Å². The molecule has 0 saturated heterocycles. The first kappa shape index (κ1) is 15.2. The highest BCUT2D eigenvalue weighted by atomic mass is 15.4. The fourth-order valence-corrected chi connectivity index (χ4v) is 2.16. The topological polar surface area (TPSA) is 42.7 Å². The molecule has 1 heterocycles. The van der Waals surface area contributed by atoms with Gasteiger partial charge in [-0.15, -0.1) is 5.10 Å². The minimum absolute atomic E-state index is 0.317. The van der Waals surface area contributed by atoms with Gasteiger partial charge in [0.25, 0.3) is 0 Å². The van der Waals surface area contributed by atoms with Crippen molar-refractivity contribution in [3.05, 3.63) is 11.9 Å². The highest BCUT2D eigenvalue weighted by Crippen LogP contribution is 2.23. The Morgan fingerprint density at radius 2 is 2.11 bits per heavy atom. The van der Waals surface area contributed by atoms with E-state index in [0.717, 1.165) is 25.1 Å². The van der Waals surface area contributed by atoms with Crippen molar-refractivity contribution in [1.29, 1.82) is 0 Å². The zero-order chi connectivity index (χ0) is 13.6. The fourth-order valence-electron chi connectivity index (χ4n) is 2.16. The van der Waals surface area contributed by atoms with Gasteiger partial charge < -0.3 is 5.32 Å². The quantitative estimate of drug-likeness (QED) is 0.811. The summed E-state index contributed by atoms with van der Waals surface area (Å²) in [4.78, 5) is 0. The lowest BCUT2D eigenvalue weighted by atomic mass is 9.83. The van der Waals surface area contributed by atoms with Crippen LogP contribution in [0.2, 0.25) is 0 Å². The molecule has 0 aliphatic rings. The van der Waals surface area contributed by atoms with E-state index in [1.165, 1.54) is 12.8 Å². The molecule has 18 heavy (non-hydrogen) atoms. The summed E-state index contributed by atoms with van der Waals surface area (Å²) in [5.74, 6) is 0. The Balaban J connectivity index is 2.37. The molecule has 0 saturated carbocycles. The third-order valence-electron chi connectivity index (χ3n) is 3.26. The number of nitrogens with zero attached hydrogens (tertiary/aromatic N) is 3. The second-order valence-electron chi connectivity index (χ2n) is 6.15. The smallest absolute Gasteiger partial charge is 0.0827 e. The third-order valence-corrected chi connectivity index (χ3v) is 3.26. The molecule has 1 atom stereocenters. The maximum Gasteiger partial charge on any atom is 0.0827 e. The molecule has 1 N–H and O–H groups in total. The Kier molecular flexibility index (Phi) is 5.79. The van der Waals surface area contributed by atoms with Crippen molar-refractivity contribution < 1.29 is 0 Å². The first-order valence-electron chi connectivity index (χ1n) is 7.02. The summed E-state index contributed by atoms with van der Waals surface area (Å²) in [5.41, 5.74) is 1.41. The van der Waals surface area contributed by atoms with Crippen LogP contribution < -0.4 is 5.32 Å². The SMILES string of the molecule is CCCNC(CCCc1cn(C)nn1)C(C)(C)C. The van der Waals surface area contributed by atoms with Crippen LogP contribution in [0.3, 0.4) is 0 Å². The Morgan fingerprint density at radius 1 is 1.39 bits per heavy atom. The Morgan fingerprint density at radius 3 is 2.61 bits per heavy atom. The first-order chi connectivity index (χ1) is 8.43. The second kappa shape index (κ2) is 6.88. The van der Waals surface area contributed by atoms with E-state index in [9.17, 15) is 0 Å². The predicted molar refractivity (Wildman–Crippen MR) is 75.5 cm³/mol. The summed E-state index contributed by atoms with van der Waals surface area (Å²) >= 11 is 0.